The summed E-state index contributed by atoms with van der Waals surface area (Å²) in [5.41, 5.74) is 1.03. The molecular weight excluding hydrogens is 270 g/mol. The Morgan fingerprint density at radius 3 is 2.83 bits per heavy atom. The fraction of sp³-hybridized carbons (Fsp3) is 0.727. The Morgan fingerprint density at radius 1 is 1.50 bits per heavy atom. The predicted octanol–water partition coefficient (Wildman–Crippen LogP) is 1.76. The van der Waals surface area contributed by atoms with Crippen LogP contribution in [0.4, 0.5) is 5.13 Å². The molecule has 0 aromatic carbocycles. The fourth-order valence-corrected chi connectivity index (χ4v) is 3.57. The average Bonchev–Trinajstić information content (AvgIpc) is 2.99. The molecule has 1 aliphatic carbocycles. The summed E-state index contributed by atoms with van der Waals surface area (Å²) in [6.07, 6.45) is 2.35. The number of nitrogens with one attached hydrogen (secondary N) is 2. The molecule has 102 valence electrons. The average molecular weight is 289 g/mol. The van der Waals surface area contributed by atoms with Crippen molar-refractivity contribution in [3.8, 4) is 0 Å². The van der Waals surface area contributed by atoms with E-state index in [2.05, 4.69) is 15.0 Å². The second kappa shape index (κ2) is 5.54. The summed E-state index contributed by atoms with van der Waals surface area (Å²) in [5, 5.41) is 5.52. The van der Waals surface area contributed by atoms with Crippen LogP contribution in [0.3, 0.4) is 0 Å². The first-order valence-electron chi connectivity index (χ1n) is 6.15. The molecule has 0 atom stereocenters. The molecule has 1 fully saturated rings. The molecule has 1 aromatic heterocycles. The molecule has 18 heavy (non-hydrogen) atoms. The highest BCUT2D eigenvalue weighted by Gasteiger charge is 2.26. The topological polar surface area (TPSA) is 71.1 Å². The number of hydrogen-bond acceptors (Lipinski definition) is 5. The summed E-state index contributed by atoms with van der Waals surface area (Å²) in [4.78, 5) is 4.31. The largest absolute Gasteiger partial charge is 0.313 e. The van der Waals surface area contributed by atoms with Crippen LogP contribution in [-0.2, 0) is 10.0 Å². The highest BCUT2D eigenvalue weighted by atomic mass is 32.2. The molecule has 0 aliphatic heterocycles. The minimum Gasteiger partial charge on any atom is -0.313 e. The maximum atomic E-state index is 11.8. The summed E-state index contributed by atoms with van der Waals surface area (Å²) in [7, 11) is -3.29. The molecule has 2 N–H and O–H groups in total. The predicted molar refractivity (Wildman–Crippen MR) is 74.6 cm³/mol. The van der Waals surface area contributed by atoms with E-state index in [1.165, 1.54) is 24.2 Å². The number of rotatable bonds is 7. The Bertz CT molecular complexity index is 492. The summed E-state index contributed by atoms with van der Waals surface area (Å²) in [6.45, 7) is 4.43. The van der Waals surface area contributed by atoms with E-state index in [9.17, 15) is 8.42 Å². The van der Waals surface area contributed by atoms with Gasteiger partial charge in [0.2, 0.25) is 10.0 Å². The number of sulfonamides is 1. The van der Waals surface area contributed by atoms with Crippen molar-refractivity contribution in [2.45, 2.75) is 38.6 Å². The summed E-state index contributed by atoms with van der Waals surface area (Å²) in [5.74, 6) is 0.630. The van der Waals surface area contributed by atoms with Gasteiger partial charge >= 0.3 is 0 Å². The van der Waals surface area contributed by atoms with Crippen LogP contribution in [-0.4, -0.2) is 31.7 Å². The van der Waals surface area contributed by atoms with Gasteiger partial charge in [-0.25, -0.2) is 13.4 Å². The lowest BCUT2D eigenvalue weighted by Gasteiger charge is -2.08. The molecule has 7 heteroatoms. The molecule has 0 unspecified atom stereocenters. The van der Waals surface area contributed by atoms with Crippen LogP contribution in [0.15, 0.2) is 5.38 Å². The van der Waals surface area contributed by atoms with Crippen LogP contribution in [0.5, 0.6) is 0 Å². The van der Waals surface area contributed by atoms with Crippen molar-refractivity contribution in [2.24, 2.45) is 0 Å². The van der Waals surface area contributed by atoms with Crippen molar-refractivity contribution >= 4 is 26.5 Å². The third-order valence-electron chi connectivity index (χ3n) is 2.68. The second-order valence-corrected chi connectivity index (χ2v) is 7.58. The molecule has 2 rings (SSSR count). The molecule has 0 saturated heterocycles. The summed E-state index contributed by atoms with van der Waals surface area (Å²) in [6, 6.07) is 0.293. The maximum absolute atomic E-state index is 11.8. The van der Waals surface area contributed by atoms with Crippen LogP contribution in [0.25, 0.3) is 0 Å². The standard InChI is InChI=1S/C11H19N3O2S2/c1-8(2)12-5-6-18(15,16)14-11-13-10(7-17-11)9-3-4-9/h7-9,12H,3-6H2,1-2H3,(H,13,14). The van der Waals surface area contributed by atoms with Crippen molar-refractivity contribution < 1.29 is 8.42 Å². The zero-order chi connectivity index (χ0) is 13.2. The van der Waals surface area contributed by atoms with Crippen molar-refractivity contribution in [3.63, 3.8) is 0 Å². The molecular formula is C11H19N3O2S2. The van der Waals surface area contributed by atoms with Crippen LogP contribution < -0.4 is 10.0 Å². The Hall–Kier alpha value is -0.660. The summed E-state index contributed by atoms with van der Waals surface area (Å²) >= 11 is 1.36. The van der Waals surface area contributed by atoms with Gasteiger partial charge in [-0.05, 0) is 12.8 Å². The van der Waals surface area contributed by atoms with Gasteiger partial charge in [-0.1, -0.05) is 13.8 Å². The van der Waals surface area contributed by atoms with Gasteiger partial charge in [0.1, 0.15) is 0 Å². The lowest BCUT2D eigenvalue weighted by molar-refractivity contribution is 0.582. The van der Waals surface area contributed by atoms with Crippen LogP contribution in [0.2, 0.25) is 0 Å². The zero-order valence-corrected chi connectivity index (χ0v) is 12.3. The van der Waals surface area contributed by atoms with E-state index >= 15 is 0 Å². The maximum Gasteiger partial charge on any atom is 0.235 e. The molecule has 0 bridgehead atoms. The van der Waals surface area contributed by atoms with Gasteiger partial charge in [-0.15, -0.1) is 11.3 Å². The summed E-state index contributed by atoms with van der Waals surface area (Å²) < 4.78 is 26.1. The number of aromatic nitrogens is 1. The van der Waals surface area contributed by atoms with E-state index in [1.54, 1.807) is 0 Å². The minimum atomic E-state index is -3.29. The number of anilines is 1. The lowest BCUT2D eigenvalue weighted by Crippen LogP contribution is -2.30. The van der Waals surface area contributed by atoms with E-state index in [-0.39, 0.29) is 5.75 Å². The highest BCUT2D eigenvalue weighted by molar-refractivity contribution is 7.92. The van der Waals surface area contributed by atoms with Gasteiger partial charge in [0.05, 0.1) is 11.4 Å². The van der Waals surface area contributed by atoms with Gasteiger partial charge in [-0.2, -0.15) is 0 Å². The smallest absolute Gasteiger partial charge is 0.235 e. The quantitative estimate of drug-likeness (QED) is 0.802. The van der Waals surface area contributed by atoms with E-state index in [1.807, 2.05) is 19.2 Å². The molecule has 0 spiro atoms. The molecule has 1 aromatic rings. The fourth-order valence-electron chi connectivity index (χ4n) is 1.57. The van der Waals surface area contributed by atoms with Crippen LogP contribution >= 0.6 is 11.3 Å². The van der Waals surface area contributed by atoms with Crippen LogP contribution in [0.1, 0.15) is 38.3 Å². The van der Waals surface area contributed by atoms with Gasteiger partial charge in [-0.3, -0.25) is 4.72 Å². The molecule has 1 saturated carbocycles. The number of nitrogens with zero attached hydrogens (tertiary/aromatic N) is 1. The Labute approximate surface area is 112 Å². The number of hydrogen-bond donors (Lipinski definition) is 2. The molecule has 1 heterocycles. The van der Waals surface area contributed by atoms with Crippen molar-refractivity contribution in [3.05, 3.63) is 11.1 Å². The van der Waals surface area contributed by atoms with Crippen molar-refractivity contribution in [1.29, 1.82) is 0 Å². The van der Waals surface area contributed by atoms with Crippen LogP contribution in [0, 0.1) is 0 Å². The Kier molecular flexibility index (Phi) is 4.24. The minimum absolute atomic E-state index is 0.0729. The van der Waals surface area contributed by atoms with Gasteiger partial charge in [0.15, 0.2) is 5.13 Å². The first-order chi connectivity index (χ1) is 8.46. The molecule has 5 nitrogen and oxygen atoms in total. The van der Waals surface area contributed by atoms with Gasteiger partial charge in [0, 0.05) is 23.9 Å². The first kappa shape index (κ1) is 13.8. The normalized spacial score (nSPS) is 16.2. The SMILES string of the molecule is CC(C)NCCS(=O)(=O)Nc1nc(C2CC2)cs1. The molecule has 0 amide bonds. The molecule has 0 radical (unpaired) electrons. The van der Waals surface area contributed by atoms with Crippen molar-refractivity contribution in [2.75, 3.05) is 17.0 Å². The first-order valence-corrected chi connectivity index (χ1v) is 8.69. The monoisotopic (exact) mass is 289 g/mol. The highest BCUT2D eigenvalue weighted by Crippen LogP contribution is 2.40. The Balaban J connectivity index is 1.86. The van der Waals surface area contributed by atoms with Crippen molar-refractivity contribution in [1.82, 2.24) is 10.3 Å². The van der Waals surface area contributed by atoms with E-state index in [0.29, 0.717) is 23.6 Å². The zero-order valence-electron chi connectivity index (χ0n) is 10.6. The van der Waals surface area contributed by atoms with E-state index in [0.717, 1.165) is 5.69 Å². The lowest BCUT2D eigenvalue weighted by atomic mass is 10.3. The van der Waals surface area contributed by atoms with Gasteiger partial charge < -0.3 is 5.32 Å². The second-order valence-electron chi connectivity index (χ2n) is 4.88. The third kappa shape index (κ3) is 4.22. The van der Waals surface area contributed by atoms with E-state index in [4.69, 9.17) is 0 Å². The Morgan fingerprint density at radius 2 is 2.22 bits per heavy atom. The number of thiazole rings is 1. The third-order valence-corrected chi connectivity index (χ3v) is 4.83. The van der Waals surface area contributed by atoms with E-state index < -0.39 is 10.0 Å². The van der Waals surface area contributed by atoms with Gasteiger partial charge in [0.25, 0.3) is 0 Å². The molecule has 1 aliphatic rings.